The minimum atomic E-state index is -0.255. The van der Waals surface area contributed by atoms with Gasteiger partial charge in [-0.3, -0.25) is 14.6 Å². The molecule has 2 heterocycles. The molecule has 1 aromatic heterocycles. The van der Waals surface area contributed by atoms with Gasteiger partial charge in [0.15, 0.2) is 5.78 Å². The molecule has 1 atom stereocenters. The van der Waals surface area contributed by atoms with Crippen LogP contribution in [-0.4, -0.2) is 34.2 Å². The van der Waals surface area contributed by atoms with E-state index in [0.717, 1.165) is 12.8 Å². The fourth-order valence-corrected chi connectivity index (χ4v) is 2.07. The predicted octanol–water partition coefficient (Wildman–Crippen LogP) is 1.28. The van der Waals surface area contributed by atoms with Crippen LogP contribution >= 0.6 is 0 Å². The summed E-state index contributed by atoms with van der Waals surface area (Å²) in [6.07, 6.45) is 3.25. The second-order valence-electron chi connectivity index (χ2n) is 3.98. The first kappa shape index (κ1) is 10.8. The molecule has 0 bridgehead atoms. The number of likely N-dealkylation sites (tertiary alicyclic amines) is 1. The Kier molecular flexibility index (Phi) is 2.99. The molecule has 1 amide bonds. The summed E-state index contributed by atoms with van der Waals surface area (Å²) in [6.45, 7) is 2.19. The summed E-state index contributed by atoms with van der Waals surface area (Å²) in [5.74, 6) is -0.0833. The van der Waals surface area contributed by atoms with Crippen molar-refractivity contribution in [3.8, 4) is 0 Å². The number of aromatic nitrogens is 1. The van der Waals surface area contributed by atoms with E-state index < -0.39 is 0 Å². The van der Waals surface area contributed by atoms with Gasteiger partial charge in [-0.15, -0.1) is 0 Å². The number of hydrogen-bond donors (Lipinski definition) is 0. The average Bonchev–Trinajstić information content (AvgIpc) is 2.78. The molecule has 1 aliphatic heterocycles. The van der Waals surface area contributed by atoms with Gasteiger partial charge in [0, 0.05) is 12.7 Å². The monoisotopic (exact) mass is 218 g/mol. The smallest absolute Gasteiger partial charge is 0.273 e. The third-order valence-electron chi connectivity index (χ3n) is 2.87. The Hall–Kier alpha value is -1.71. The molecule has 0 saturated carbocycles. The highest BCUT2D eigenvalue weighted by Crippen LogP contribution is 2.19. The lowest BCUT2D eigenvalue weighted by atomic mass is 10.1. The van der Waals surface area contributed by atoms with E-state index in [1.807, 2.05) is 0 Å². The van der Waals surface area contributed by atoms with Crippen molar-refractivity contribution in [1.82, 2.24) is 9.88 Å². The summed E-state index contributed by atoms with van der Waals surface area (Å²) in [5.41, 5.74) is 0.413. The molecular formula is C12H14N2O2. The van der Waals surface area contributed by atoms with E-state index in [4.69, 9.17) is 0 Å². The van der Waals surface area contributed by atoms with Crippen LogP contribution in [0.3, 0.4) is 0 Å². The van der Waals surface area contributed by atoms with Crippen molar-refractivity contribution in [2.24, 2.45) is 0 Å². The highest BCUT2D eigenvalue weighted by atomic mass is 16.2. The van der Waals surface area contributed by atoms with Crippen molar-refractivity contribution < 1.29 is 9.59 Å². The van der Waals surface area contributed by atoms with Crippen molar-refractivity contribution in [3.63, 3.8) is 0 Å². The minimum Gasteiger partial charge on any atom is -0.327 e. The van der Waals surface area contributed by atoms with Crippen molar-refractivity contribution in [3.05, 3.63) is 30.1 Å². The molecule has 4 heteroatoms. The maximum atomic E-state index is 12.1. The molecule has 1 aromatic rings. The van der Waals surface area contributed by atoms with Crippen LogP contribution < -0.4 is 0 Å². The molecular weight excluding hydrogens is 204 g/mol. The number of nitrogens with zero attached hydrogens (tertiary/aromatic N) is 2. The molecule has 1 aliphatic rings. The van der Waals surface area contributed by atoms with Gasteiger partial charge in [0.25, 0.3) is 5.91 Å². The van der Waals surface area contributed by atoms with Crippen LogP contribution in [-0.2, 0) is 4.79 Å². The molecule has 0 N–H and O–H groups in total. The van der Waals surface area contributed by atoms with Gasteiger partial charge in [0.1, 0.15) is 5.69 Å². The number of ketones is 1. The first-order valence-corrected chi connectivity index (χ1v) is 5.42. The average molecular weight is 218 g/mol. The van der Waals surface area contributed by atoms with Gasteiger partial charge in [0.05, 0.1) is 6.04 Å². The largest absolute Gasteiger partial charge is 0.327 e. The standard InChI is InChI=1S/C12H14N2O2/c1-9(15)11-6-4-8-14(11)12(16)10-5-2-3-7-13-10/h2-3,5,7,11H,4,6,8H2,1H3/t11-/m1/s1. The van der Waals surface area contributed by atoms with Gasteiger partial charge < -0.3 is 4.90 Å². The Labute approximate surface area is 94.3 Å². The molecule has 0 aliphatic carbocycles. The maximum absolute atomic E-state index is 12.1. The number of Topliss-reactive ketones (excluding diaryl/α,β-unsaturated/α-hetero) is 1. The van der Waals surface area contributed by atoms with E-state index in [1.54, 1.807) is 29.3 Å². The third-order valence-corrected chi connectivity index (χ3v) is 2.87. The summed E-state index contributed by atoms with van der Waals surface area (Å²) >= 11 is 0. The first-order chi connectivity index (χ1) is 7.70. The quantitative estimate of drug-likeness (QED) is 0.751. The molecule has 84 valence electrons. The van der Waals surface area contributed by atoms with Crippen LogP contribution in [0.5, 0.6) is 0 Å². The van der Waals surface area contributed by atoms with Crippen LogP contribution in [0.4, 0.5) is 0 Å². The Morgan fingerprint density at radius 1 is 1.44 bits per heavy atom. The molecule has 0 unspecified atom stereocenters. The van der Waals surface area contributed by atoms with Gasteiger partial charge in [-0.1, -0.05) is 6.07 Å². The predicted molar refractivity (Wildman–Crippen MR) is 59.0 cm³/mol. The van der Waals surface area contributed by atoms with Crippen LogP contribution in [0.1, 0.15) is 30.3 Å². The maximum Gasteiger partial charge on any atom is 0.273 e. The number of carbonyl (C=O) groups excluding carboxylic acids is 2. The molecule has 0 aromatic carbocycles. The first-order valence-electron chi connectivity index (χ1n) is 5.42. The van der Waals surface area contributed by atoms with Gasteiger partial charge in [-0.05, 0) is 31.9 Å². The molecule has 1 saturated heterocycles. The topological polar surface area (TPSA) is 50.3 Å². The van der Waals surface area contributed by atoms with Crippen LogP contribution in [0.25, 0.3) is 0 Å². The molecule has 1 fully saturated rings. The van der Waals surface area contributed by atoms with Crippen LogP contribution in [0, 0.1) is 0 Å². The van der Waals surface area contributed by atoms with E-state index in [2.05, 4.69) is 4.98 Å². The van der Waals surface area contributed by atoms with E-state index in [0.29, 0.717) is 12.2 Å². The Morgan fingerprint density at radius 2 is 2.25 bits per heavy atom. The number of pyridine rings is 1. The Balaban J connectivity index is 2.19. The Bertz CT molecular complexity index is 403. The van der Waals surface area contributed by atoms with Gasteiger partial charge in [-0.2, -0.15) is 0 Å². The fraction of sp³-hybridized carbons (Fsp3) is 0.417. The second-order valence-corrected chi connectivity index (χ2v) is 3.98. The second kappa shape index (κ2) is 4.43. The minimum absolute atomic E-state index is 0.0572. The van der Waals surface area contributed by atoms with Crippen molar-refractivity contribution in [2.75, 3.05) is 6.54 Å². The van der Waals surface area contributed by atoms with Gasteiger partial charge in [-0.25, -0.2) is 0 Å². The molecule has 0 radical (unpaired) electrons. The van der Waals surface area contributed by atoms with E-state index in [-0.39, 0.29) is 17.7 Å². The zero-order valence-electron chi connectivity index (χ0n) is 9.22. The number of amides is 1. The summed E-state index contributed by atoms with van der Waals surface area (Å²) < 4.78 is 0. The molecule has 16 heavy (non-hydrogen) atoms. The number of hydrogen-bond acceptors (Lipinski definition) is 3. The highest BCUT2D eigenvalue weighted by molar-refractivity contribution is 5.96. The van der Waals surface area contributed by atoms with Crippen LogP contribution in [0.2, 0.25) is 0 Å². The summed E-state index contributed by atoms with van der Waals surface area (Å²) in [6, 6.07) is 4.97. The fourth-order valence-electron chi connectivity index (χ4n) is 2.07. The Morgan fingerprint density at radius 3 is 2.88 bits per heavy atom. The van der Waals surface area contributed by atoms with E-state index in [1.165, 1.54) is 6.92 Å². The number of carbonyl (C=O) groups is 2. The molecule has 0 spiro atoms. The van der Waals surface area contributed by atoms with Gasteiger partial charge in [0.2, 0.25) is 0 Å². The van der Waals surface area contributed by atoms with Crippen molar-refractivity contribution in [1.29, 1.82) is 0 Å². The highest BCUT2D eigenvalue weighted by Gasteiger charge is 2.32. The van der Waals surface area contributed by atoms with Gasteiger partial charge >= 0.3 is 0 Å². The van der Waals surface area contributed by atoms with Crippen molar-refractivity contribution >= 4 is 11.7 Å². The number of rotatable bonds is 2. The molecule has 4 nitrogen and oxygen atoms in total. The third kappa shape index (κ3) is 1.96. The summed E-state index contributed by atoms with van der Waals surface area (Å²) in [5, 5.41) is 0. The van der Waals surface area contributed by atoms with Crippen molar-refractivity contribution in [2.45, 2.75) is 25.8 Å². The lowest BCUT2D eigenvalue weighted by molar-refractivity contribution is -0.120. The lowest BCUT2D eigenvalue weighted by Crippen LogP contribution is -2.39. The van der Waals surface area contributed by atoms with Crippen LogP contribution in [0.15, 0.2) is 24.4 Å². The van der Waals surface area contributed by atoms with E-state index in [9.17, 15) is 9.59 Å². The molecule has 2 rings (SSSR count). The normalized spacial score (nSPS) is 19.8. The SMILES string of the molecule is CC(=O)[C@H]1CCCN1C(=O)c1ccccn1. The zero-order valence-corrected chi connectivity index (χ0v) is 9.22. The lowest BCUT2D eigenvalue weighted by Gasteiger charge is -2.21. The summed E-state index contributed by atoms with van der Waals surface area (Å²) in [4.78, 5) is 29.1. The van der Waals surface area contributed by atoms with E-state index >= 15 is 0 Å². The zero-order chi connectivity index (χ0) is 11.5. The summed E-state index contributed by atoms with van der Waals surface area (Å²) in [7, 11) is 0.